The Bertz CT molecular complexity index is 922. The highest BCUT2D eigenvalue weighted by molar-refractivity contribution is 6.09. The molecule has 4 rings (SSSR count). The first-order valence-electron chi connectivity index (χ1n) is 9.48. The fourth-order valence-electron chi connectivity index (χ4n) is 4.14. The van der Waals surface area contributed by atoms with Crippen LogP contribution in [0.15, 0.2) is 53.8 Å². The van der Waals surface area contributed by atoms with E-state index in [2.05, 4.69) is 0 Å². The Hall–Kier alpha value is -2.66. The van der Waals surface area contributed by atoms with E-state index in [9.17, 15) is 14.7 Å². The zero-order valence-corrected chi connectivity index (χ0v) is 15.4. The van der Waals surface area contributed by atoms with Gasteiger partial charge in [0.15, 0.2) is 11.5 Å². The van der Waals surface area contributed by atoms with E-state index in [-0.39, 0.29) is 23.9 Å². The maximum atomic E-state index is 12.9. The lowest BCUT2D eigenvalue weighted by molar-refractivity contribution is -0.131. The molecule has 1 N–H and O–H groups in total. The van der Waals surface area contributed by atoms with Crippen LogP contribution in [-0.2, 0) is 14.3 Å². The molecule has 140 valence electrons. The van der Waals surface area contributed by atoms with Crippen LogP contribution < -0.4 is 0 Å². The number of fused-ring (bicyclic) bond motifs is 1. The summed E-state index contributed by atoms with van der Waals surface area (Å²) in [4.78, 5) is 27.1. The molecule has 2 aliphatic rings. The van der Waals surface area contributed by atoms with Crippen LogP contribution in [-0.4, -0.2) is 41.0 Å². The maximum absolute atomic E-state index is 12.9. The van der Waals surface area contributed by atoms with Crippen LogP contribution in [0.4, 0.5) is 0 Å². The van der Waals surface area contributed by atoms with E-state index >= 15 is 0 Å². The Kier molecular flexibility index (Phi) is 4.70. The van der Waals surface area contributed by atoms with Crippen molar-refractivity contribution >= 4 is 22.5 Å². The molecule has 0 aliphatic carbocycles. The minimum Gasteiger partial charge on any atom is -0.503 e. The number of hydrogen-bond donors (Lipinski definition) is 1. The first-order valence-corrected chi connectivity index (χ1v) is 9.48. The SMILES string of the molecule is CCC(=O)C1=C(O)C(=O)N(CC2CCCO2)C1c1cccc2ccccc12. The van der Waals surface area contributed by atoms with Crippen LogP contribution in [0, 0.1) is 0 Å². The second kappa shape index (κ2) is 7.16. The van der Waals surface area contributed by atoms with Crippen LogP contribution in [0.5, 0.6) is 0 Å². The lowest BCUT2D eigenvalue weighted by atomic mass is 9.91. The third kappa shape index (κ3) is 3.02. The quantitative estimate of drug-likeness (QED) is 0.877. The number of ketones is 1. The predicted octanol–water partition coefficient (Wildman–Crippen LogP) is 3.69. The van der Waals surface area contributed by atoms with Crippen molar-refractivity contribution < 1.29 is 19.4 Å². The standard InChI is InChI=1S/C22H23NO4/c1-2-18(24)19-20(17-11-5-8-14-7-3-4-10-16(14)17)23(22(26)21(19)25)13-15-9-6-12-27-15/h3-5,7-8,10-11,15,20,25H,2,6,9,12-13H2,1H3. The molecular formula is C22H23NO4. The zero-order chi connectivity index (χ0) is 19.0. The summed E-state index contributed by atoms with van der Waals surface area (Å²) in [5, 5.41) is 12.5. The van der Waals surface area contributed by atoms with E-state index in [1.807, 2.05) is 42.5 Å². The van der Waals surface area contributed by atoms with Crippen LogP contribution in [0.3, 0.4) is 0 Å². The van der Waals surface area contributed by atoms with E-state index in [4.69, 9.17) is 4.74 Å². The Morgan fingerprint density at radius 2 is 2.00 bits per heavy atom. The van der Waals surface area contributed by atoms with Crippen molar-refractivity contribution in [2.45, 2.75) is 38.3 Å². The number of rotatable bonds is 5. The lowest BCUT2D eigenvalue weighted by Gasteiger charge is -2.29. The molecule has 0 radical (unpaired) electrons. The smallest absolute Gasteiger partial charge is 0.290 e. The van der Waals surface area contributed by atoms with Gasteiger partial charge in [-0.1, -0.05) is 49.4 Å². The molecule has 0 bridgehead atoms. The van der Waals surface area contributed by atoms with Gasteiger partial charge in [-0.3, -0.25) is 9.59 Å². The monoisotopic (exact) mass is 365 g/mol. The third-order valence-corrected chi connectivity index (χ3v) is 5.47. The van der Waals surface area contributed by atoms with Crippen molar-refractivity contribution in [3.05, 3.63) is 59.4 Å². The van der Waals surface area contributed by atoms with Crippen molar-refractivity contribution in [3.8, 4) is 0 Å². The van der Waals surface area contributed by atoms with Gasteiger partial charge in [0.25, 0.3) is 5.91 Å². The molecule has 5 heteroatoms. The summed E-state index contributed by atoms with van der Waals surface area (Å²) >= 11 is 0. The third-order valence-electron chi connectivity index (χ3n) is 5.47. The Morgan fingerprint density at radius 3 is 2.74 bits per heavy atom. The number of aliphatic hydroxyl groups is 1. The lowest BCUT2D eigenvalue weighted by Crippen LogP contribution is -2.37. The highest BCUT2D eigenvalue weighted by Gasteiger charge is 2.44. The molecule has 2 aromatic rings. The molecule has 2 unspecified atom stereocenters. The number of hydrogen-bond acceptors (Lipinski definition) is 4. The molecule has 0 spiro atoms. The first kappa shape index (κ1) is 17.7. The Labute approximate surface area is 158 Å². The normalized spacial score (nSPS) is 22.9. The number of carbonyl (C=O) groups is 2. The van der Waals surface area contributed by atoms with Crippen molar-refractivity contribution in [2.24, 2.45) is 0 Å². The molecule has 27 heavy (non-hydrogen) atoms. The predicted molar refractivity (Wildman–Crippen MR) is 102 cm³/mol. The number of carbonyl (C=O) groups excluding carboxylic acids is 2. The summed E-state index contributed by atoms with van der Waals surface area (Å²) in [6, 6.07) is 13.2. The molecule has 1 fully saturated rings. The van der Waals surface area contributed by atoms with Crippen LogP contribution in [0.1, 0.15) is 37.8 Å². The van der Waals surface area contributed by atoms with Crippen LogP contribution in [0.25, 0.3) is 10.8 Å². The number of amides is 1. The Balaban J connectivity index is 1.84. The number of benzene rings is 2. The number of Topliss-reactive ketones (excluding diaryl/α,β-unsaturated/α-hetero) is 1. The minimum atomic E-state index is -0.583. The van der Waals surface area contributed by atoms with Gasteiger partial charge in [-0.2, -0.15) is 0 Å². The first-order chi connectivity index (χ1) is 13.1. The topological polar surface area (TPSA) is 66.8 Å². The fraction of sp³-hybridized carbons (Fsp3) is 0.364. The molecule has 1 saturated heterocycles. The van der Waals surface area contributed by atoms with Crippen LogP contribution >= 0.6 is 0 Å². The summed E-state index contributed by atoms with van der Waals surface area (Å²) in [6.45, 7) is 2.80. The van der Waals surface area contributed by atoms with E-state index in [0.717, 1.165) is 29.2 Å². The van der Waals surface area contributed by atoms with E-state index in [1.165, 1.54) is 0 Å². The van der Waals surface area contributed by atoms with Crippen molar-refractivity contribution in [2.75, 3.05) is 13.2 Å². The average Bonchev–Trinajstić information content (AvgIpc) is 3.29. The minimum absolute atomic E-state index is 0.0599. The van der Waals surface area contributed by atoms with Crippen molar-refractivity contribution in [3.63, 3.8) is 0 Å². The molecule has 0 saturated carbocycles. The second-order valence-electron chi connectivity index (χ2n) is 7.10. The van der Waals surface area contributed by atoms with Gasteiger partial charge in [0, 0.05) is 19.6 Å². The molecule has 2 aliphatic heterocycles. The second-order valence-corrected chi connectivity index (χ2v) is 7.10. The fourth-order valence-corrected chi connectivity index (χ4v) is 4.14. The van der Waals surface area contributed by atoms with Gasteiger partial charge >= 0.3 is 0 Å². The molecule has 2 aromatic carbocycles. The van der Waals surface area contributed by atoms with E-state index in [1.54, 1.807) is 11.8 Å². The number of aliphatic hydroxyl groups excluding tert-OH is 1. The van der Waals surface area contributed by atoms with Gasteiger partial charge in [-0.15, -0.1) is 0 Å². The van der Waals surface area contributed by atoms with Gasteiger partial charge in [0.1, 0.15) is 0 Å². The summed E-state index contributed by atoms with van der Waals surface area (Å²) in [6.07, 6.45) is 2.02. The number of nitrogens with zero attached hydrogens (tertiary/aromatic N) is 1. The average molecular weight is 365 g/mol. The molecule has 0 aromatic heterocycles. The van der Waals surface area contributed by atoms with E-state index < -0.39 is 17.7 Å². The highest BCUT2D eigenvalue weighted by Crippen LogP contribution is 2.41. The summed E-state index contributed by atoms with van der Waals surface area (Å²) < 4.78 is 5.71. The molecule has 5 nitrogen and oxygen atoms in total. The highest BCUT2D eigenvalue weighted by atomic mass is 16.5. The largest absolute Gasteiger partial charge is 0.503 e. The Morgan fingerprint density at radius 1 is 1.22 bits per heavy atom. The summed E-state index contributed by atoms with van der Waals surface area (Å²) in [5.74, 6) is -1.10. The van der Waals surface area contributed by atoms with Gasteiger partial charge in [-0.05, 0) is 29.2 Å². The van der Waals surface area contributed by atoms with E-state index in [0.29, 0.717) is 13.2 Å². The molecule has 1 amide bonds. The van der Waals surface area contributed by atoms with Crippen molar-refractivity contribution in [1.82, 2.24) is 4.90 Å². The summed E-state index contributed by atoms with van der Waals surface area (Å²) in [7, 11) is 0. The molecule has 2 heterocycles. The van der Waals surface area contributed by atoms with Gasteiger partial charge in [-0.25, -0.2) is 0 Å². The number of ether oxygens (including phenoxy) is 1. The molecular weight excluding hydrogens is 342 g/mol. The molecule has 2 atom stereocenters. The van der Waals surface area contributed by atoms with Gasteiger partial charge < -0.3 is 14.7 Å². The van der Waals surface area contributed by atoms with Gasteiger partial charge in [0.05, 0.1) is 17.7 Å². The van der Waals surface area contributed by atoms with Crippen molar-refractivity contribution in [1.29, 1.82) is 0 Å². The van der Waals surface area contributed by atoms with Gasteiger partial charge in [0.2, 0.25) is 0 Å². The summed E-state index contributed by atoms with van der Waals surface area (Å²) in [5.41, 5.74) is 1.07. The van der Waals surface area contributed by atoms with Crippen LogP contribution in [0.2, 0.25) is 0 Å². The maximum Gasteiger partial charge on any atom is 0.290 e. The zero-order valence-electron chi connectivity index (χ0n) is 15.4.